The molecule has 0 fully saturated rings. The van der Waals surface area contributed by atoms with Gasteiger partial charge in [-0.3, -0.25) is 4.79 Å². The summed E-state index contributed by atoms with van der Waals surface area (Å²) in [5, 5.41) is 2.36. The molecule has 6 rings (SSSR count). The van der Waals surface area contributed by atoms with Gasteiger partial charge in [0.05, 0.1) is 0 Å². The molecular weight excluding hydrogens is 440 g/mol. The number of carbonyl (C=O) groups is 1. The summed E-state index contributed by atoms with van der Waals surface area (Å²) < 4.78 is 0. The molecule has 33 heavy (non-hydrogen) atoms. The van der Waals surface area contributed by atoms with Crippen molar-refractivity contribution in [2.45, 2.75) is 40.5 Å². The first kappa shape index (κ1) is 20.8. The van der Waals surface area contributed by atoms with E-state index in [1.165, 1.54) is 58.1 Å². The van der Waals surface area contributed by atoms with Crippen molar-refractivity contribution in [3.8, 4) is 0 Å². The zero-order chi connectivity index (χ0) is 22.9. The summed E-state index contributed by atoms with van der Waals surface area (Å²) >= 11 is 3.73. The van der Waals surface area contributed by atoms with Crippen molar-refractivity contribution in [1.29, 1.82) is 0 Å². The second-order valence-corrected chi connectivity index (χ2v) is 12.3. The lowest BCUT2D eigenvalue weighted by molar-refractivity contribution is -0.113. The molecule has 0 amide bonds. The van der Waals surface area contributed by atoms with E-state index in [1.807, 2.05) is 22.7 Å². The molecule has 0 aliphatic heterocycles. The van der Waals surface area contributed by atoms with Gasteiger partial charge in [0.2, 0.25) is 0 Å². The summed E-state index contributed by atoms with van der Waals surface area (Å²) in [7, 11) is 0. The van der Waals surface area contributed by atoms with Crippen molar-refractivity contribution in [1.82, 2.24) is 0 Å². The maximum atomic E-state index is 13.5. The van der Waals surface area contributed by atoms with Crippen LogP contribution in [0.1, 0.15) is 49.0 Å². The Kier molecular flexibility index (Phi) is 4.83. The summed E-state index contributed by atoms with van der Waals surface area (Å²) in [4.78, 5) is 18.9. The average molecular weight is 467 g/mol. The molecule has 164 valence electrons. The van der Waals surface area contributed by atoms with E-state index < -0.39 is 0 Å². The minimum Gasteiger partial charge on any atom is -0.294 e. The molecule has 1 unspecified atom stereocenters. The van der Waals surface area contributed by atoms with Crippen molar-refractivity contribution >= 4 is 55.9 Å². The van der Waals surface area contributed by atoms with E-state index in [1.54, 1.807) is 0 Å². The SMILES string of the molecule is Cc1cc(C2=C(c3cc(C)sc3C)C3=C(c4cccc5ccccc45)C(=O)CC3C2)c(C)s1. The third-order valence-electron chi connectivity index (χ3n) is 7.15. The smallest absolute Gasteiger partial charge is 0.164 e. The molecule has 0 radical (unpaired) electrons. The highest BCUT2D eigenvalue weighted by atomic mass is 32.1. The summed E-state index contributed by atoms with van der Waals surface area (Å²) in [6.45, 7) is 8.85. The molecule has 0 spiro atoms. The molecule has 1 atom stereocenters. The quantitative estimate of drug-likeness (QED) is 0.295. The normalized spacial score (nSPS) is 18.2. The standard InChI is InChI=1S/C30H26OS2/c1-16-12-24(18(3)32-16)26-14-21-15-27(31)30(23-11-7-9-20-8-5-6-10-22(20)23)28(21)29(26)25-13-17(2)33-19(25)4/h5-13,21H,14-15H2,1-4H3. The van der Waals surface area contributed by atoms with Gasteiger partial charge in [-0.05, 0) is 96.3 Å². The average Bonchev–Trinajstić information content (AvgIpc) is 3.49. The van der Waals surface area contributed by atoms with Crippen molar-refractivity contribution in [2.75, 3.05) is 0 Å². The first-order valence-corrected chi connectivity index (χ1v) is 13.2. The lowest BCUT2D eigenvalue weighted by atomic mass is 9.89. The third-order valence-corrected chi connectivity index (χ3v) is 9.08. The Balaban J connectivity index is 1.70. The molecule has 3 heteroatoms. The number of rotatable bonds is 3. The number of allylic oxidation sites excluding steroid dienone is 4. The van der Waals surface area contributed by atoms with E-state index in [4.69, 9.17) is 0 Å². The fourth-order valence-electron chi connectivity index (χ4n) is 5.90. The topological polar surface area (TPSA) is 17.1 Å². The van der Waals surface area contributed by atoms with Crippen molar-refractivity contribution in [3.05, 3.63) is 96.4 Å². The van der Waals surface area contributed by atoms with Crippen LogP contribution < -0.4 is 0 Å². The van der Waals surface area contributed by atoms with Gasteiger partial charge >= 0.3 is 0 Å². The highest BCUT2D eigenvalue weighted by Crippen LogP contribution is 2.57. The molecule has 0 N–H and O–H groups in total. The first-order valence-electron chi connectivity index (χ1n) is 11.6. The van der Waals surface area contributed by atoms with Gasteiger partial charge in [0, 0.05) is 31.5 Å². The predicted molar refractivity (Wildman–Crippen MR) is 143 cm³/mol. The van der Waals surface area contributed by atoms with Gasteiger partial charge in [-0.2, -0.15) is 0 Å². The fourth-order valence-corrected chi connectivity index (χ4v) is 7.78. The Morgan fingerprint density at radius 2 is 1.39 bits per heavy atom. The van der Waals surface area contributed by atoms with E-state index in [9.17, 15) is 4.79 Å². The van der Waals surface area contributed by atoms with Gasteiger partial charge in [-0.25, -0.2) is 0 Å². The van der Waals surface area contributed by atoms with Crippen LogP contribution in [-0.4, -0.2) is 5.78 Å². The van der Waals surface area contributed by atoms with Crippen LogP contribution in [0.15, 0.2) is 60.2 Å². The van der Waals surface area contributed by atoms with Crippen LogP contribution in [0, 0.1) is 33.6 Å². The Labute approximate surface area is 203 Å². The second-order valence-electron chi connectivity index (χ2n) is 9.35. The monoisotopic (exact) mass is 466 g/mol. The van der Waals surface area contributed by atoms with Crippen LogP contribution in [0.3, 0.4) is 0 Å². The van der Waals surface area contributed by atoms with Crippen LogP contribution in [-0.2, 0) is 4.79 Å². The summed E-state index contributed by atoms with van der Waals surface area (Å²) in [5.41, 5.74) is 8.80. The summed E-state index contributed by atoms with van der Waals surface area (Å²) in [6.07, 6.45) is 1.57. The molecular formula is C30H26OS2. The molecule has 0 saturated carbocycles. The minimum absolute atomic E-state index is 0.274. The van der Waals surface area contributed by atoms with Crippen molar-refractivity contribution in [2.24, 2.45) is 5.92 Å². The molecule has 0 saturated heterocycles. The highest BCUT2D eigenvalue weighted by Gasteiger charge is 2.42. The van der Waals surface area contributed by atoms with Gasteiger partial charge in [0.15, 0.2) is 5.78 Å². The Morgan fingerprint density at radius 1 is 0.727 bits per heavy atom. The summed E-state index contributed by atoms with van der Waals surface area (Å²) in [6, 6.07) is 19.5. The van der Waals surface area contributed by atoms with Gasteiger partial charge < -0.3 is 0 Å². The van der Waals surface area contributed by atoms with Gasteiger partial charge in [-0.1, -0.05) is 42.5 Å². The predicted octanol–water partition coefficient (Wildman–Crippen LogP) is 8.55. The van der Waals surface area contributed by atoms with Crippen molar-refractivity contribution in [3.63, 3.8) is 0 Å². The maximum Gasteiger partial charge on any atom is 0.164 e. The van der Waals surface area contributed by atoms with Gasteiger partial charge in [0.25, 0.3) is 0 Å². The minimum atomic E-state index is 0.274. The lowest BCUT2D eigenvalue weighted by Crippen LogP contribution is -2.00. The number of Topliss-reactive ketones (excluding diaryl/α,β-unsaturated/α-hetero) is 1. The second kappa shape index (κ2) is 7.65. The number of fused-ring (bicyclic) bond motifs is 2. The zero-order valence-corrected chi connectivity index (χ0v) is 21.0. The van der Waals surface area contributed by atoms with E-state index in [0.717, 1.165) is 17.6 Å². The number of ketones is 1. The Bertz CT molecular complexity index is 1520. The number of carbonyl (C=O) groups excluding carboxylic acids is 1. The summed E-state index contributed by atoms with van der Waals surface area (Å²) in [5.74, 6) is 0.571. The van der Waals surface area contributed by atoms with Crippen LogP contribution in [0.25, 0.3) is 27.5 Å². The van der Waals surface area contributed by atoms with E-state index in [2.05, 4.69) is 82.3 Å². The molecule has 1 nitrogen and oxygen atoms in total. The van der Waals surface area contributed by atoms with E-state index >= 15 is 0 Å². The number of aryl methyl sites for hydroxylation is 4. The van der Waals surface area contributed by atoms with E-state index in [0.29, 0.717) is 12.2 Å². The number of thiophene rings is 2. The lowest BCUT2D eigenvalue weighted by Gasteiger charge is -2.14. The number of benzene rings is 2. The molecule has 4 aromatic rings. The molecule has 0 bridgehead atoms. The van der Waals surface area contributed by atoms with Crippen LogP contribution in [0.2, 0.25) is 0 Å². The van der Waals surface area contributed by atoms with E-state index in [-0.39, 0.29) is 5.92 Å². The van der Waals surface area contributed by atoms with Crippen LogP contribution >= 0.6 is 22.7 Å². The fraction of sp³-hybridized carbons (Fsp3) is 0.233. The Hall–Kier alpha value is -2.75. The third kappa shape index (κ3) is 3.21. The molecule has 2 aliphatic carbocycles. The van der Waals surface area contributed by atoms with Gasteiger partial charge in [0.1, 0.15) is 0 Å². The first-order chi connectivity index (χ1) is 15.9. The number of hydrogen-bond donors (Lipinski definition) is 0. The molecule has 2 aromatic carbocycles. The maximum absolute atomic E-state index is 13.5. The van der Waals surface area contributed by atoms with Gasteiger partial charge in [-0.15, -0.1) is 22.7 Å². The largest absolute Gasteiger partial charge is 0.294 e. The van der Waals surface area contributed by atoms with Crippen LogP contribution in [0.5, 0.6) is 0 Å². The Morgan fingerprint density at radius 3 is 2.09 bits per heavy atom. The molecule has 2 heterocycles. The molecule has 2 aliphatic rings. The zero-order valence-electron chi connectivity index (χ0n) is 19.4. The number of hydrogen-bond acceptors (Lipinski definition) is 3. The van der Waals surface area contributed by atoms with Crippen molar-refractivity contribution < 1.29 is 4.79 Å². The van der Waals surface area contributed by atoms with Crippen LogP contribution in [0.4, 0.5) is 0 Å². The highest BCUT2D eigenvalue weighted by molar-refractivity contribution is 7.12. The molecule has 2 aromatic heterocycles.